The van der Waals surface area contributed by atoms with Crippen LogP contribution in [0.5, 0.6) is 5.75 Å². The van der Waals surface area contributed by atoms with Crippen molar-refractivity contribution in [2.75, 3.05) is 24.2 Å². The van der Waals surface area contributed by atoms with E-state index in [9.17, 15) is 17.6 Å². The first-order valence-corrected chi connectivity index (χ1v) is 9.78. The molecule has 0 atom stereocenters. The topological polar surface area (TPSA) is 75.7 Å². The third kappa shape index (κ3) is 5.45. The number of para-hydroxylation sites is 2. The number of carbonyl (C=O) groups excluding carboxylic acids is 1. The molecule has 0 unspecified atom stereocenters. The molecule has 1 amide bonds. The van der Waals surface area contributed by atoms with Crippen molar-refractivity contribution in [3.8, 4) is 5.75 Å². The van der Waals surface area contributed by atoms with Gasteiger partial charge in [0.2, 0.25) is 15.9 Å². The summed E-state index contributed by atoms with van der Waals surface area (Å²) < 4.78 is 43.5. The van der Waals surface area contributed by atoms with Gasteiger partial charge in [-0.1, -0.05) is 24.3 Å². The number of amides is 1. The summed E-state index contributed by atoms with van der Waals surface area (Å²) in [4.78, 5) is 12.1. The van der Waals surface area contributed by atoms with E-state index in [4.69, 9.17) is 4.74 Å². The molecule has 0 aliphatic carbocycles. The first-order valence-electron chi connectivity index (χ1n) is 7.93. The highest BCUT2D eigenvalue weighted by molar-refractivity contribution is 7.92. The average Bonchev–Trinajstić information content (AvgIpc) is 2.60. The van der Waals surface area contributed by atoms with E-state index in [1.165, 1.54) is 19.2 Å². The number of nitrogens with zero attached hydrogens (tertiary/aromatic N) is 1. The minimum absolute atomic E-state index is 0.0194. The van der Waals surface area contributed by atoms with Crippen LogP contribution in [-0.4, -0.2) is 34.2 Å². The monoisotopic (exact) mass is 380 g/mol. The Balaban J connectivity index is 2.01. The van der Waals surface area contributed by atoms with E-state index < -0.39 is 10.0 Å². The van der Waals surface area contributed by atoms with Crippen LogP contribution in [0.3, 0.4) is 0 Å². The number of hydrogen-bond donors (Lipinski definition) is 1. The molecule has 2 aromatic rings. The van der Waals surface area contributed by atoms with Crippen LogP contribution in [0.4, 0.5) is 10.1 Å². The summed E-state index contributed by atoms with van der Waals surface area (Å²) in [7, 11) is -2.13. The van der Waals surface area contributed by atoms with Crippen molar-refractivity contribution in [1.29, 1.82) is 0 Å². The first kappa shape index (κ1) is 19.7. The van der Waals surface area contributed by atoms with E-state index in [0.717, 1.165) is 16.1 Å². The van der Waals surface area contributed by atoms with E-state index in [1.54, 1.807) is 36.4 Å². The number of halogens is 1. The summed E-state index contributed by atoms with van der Waals surface area (Å²) >= 11 is 0. The minimum Gasteiger partial charge on any atom is -0.495 e. The van der Waals surface area contributed by atoms with Gasteiger partial charge < -0.3 is 10.1 Å². The fraction of sp³-hybridized carbons (Fsp3) is 0.278. The van der Waals surface area contributed by atoms with Crippen LogP contribution in [-0.2, 0) is 21.4 Å². The lowest BCUT2D eigenvalue weighted by Gasteiger charge is -2.24. The molecule has 0 aromatic heterocycles. The van der Waals surface area contributed by atoms with Gasteiger partial charge in [0, 0.05) is 19.5 Å². The van der Waals surface area contributed by atoms with Gasteiger partial charge in [-0.15, -0.1) is 0 Å². The van der Waals surface area contributed by atoms with Gasteiger partial charge in [-0.2, -0.15) is 0 Å². The predicted octanol–water partition coefficient (Wildman–Crippen LogP) is 2.31. The van der Waals surface area contributed by atoms with E-state index in [2.05, 4.69) is 5.32 Å². The Morgan fingerprint density at radius 2 is 1.81 bits per heavy atom. The summed E-state index contributed by atoms with van der Waals surface area (Å²) in [6.07, 6.45) is 1.06. The van der Waals surface area contributed by atoms with E-state index >= 15 is 0 Å². The Morgan fingerprint density at radius 3 is 2.42 bits per heavy atom. The van der Waals surface area contributed by atoms with Crippen molar-refractivity contribution >= 4 is 21.6 Å². The summed E-state index contributed by atoms with van der Waals surface area (Å²) in [6.45, 7) is 0.223. The van der Waals surface area contributed by atoms with Crippen LogP contribution in [0.1, 0.15) is 12.0 Å². The maximum absolute atomic E-state index is 12.9. The van der Waals surface area contributed by atoms with Crippen LogP contribution < -0.4 is 14.4 Å². The predicted molar refractivity (Wildman–Crippen MR) is 98.0 cm³/mol. The zero-order valence-corrected chi connectivity index (χ0v) is 15.4. The number of sulfonamides is 1. The third-order valence-electron chi connectivity index (χ3n) is 3.70. The number of nitrogens with one attached hydrogen (secondary N) is 1. The summed E-state index contributed by atoms with van der Waals surface area (Å²) in [5, 5.41) is 2.69. The van der Waals surface area contributed by atoms with Gasteiger partial charge in [-0.25, -0.2) is 12.8 Å². The summed E-state index contributed by atoms with van der Waals surface area (Å²) in [5.74, 6) is -0.247. The number of hydrogen-bond acceptors (Lipinski definition) is 4. The van der Waals surface area contributed by atoms with Gasteiger partial charge in [0.05, 0.1) is 19.1 Å². The first-order chi connectivity index (χ1) is 12.3. The molecule has 140 valence electrons. The second-order valence-electron chi connectivity index (χ2n) is 5.66. The summed E-state index contributed by atoms with van der Waals surface area (Å²) in [5.41, 5.74) is 1.13. The molecular formula is C18H21FN2O4S. The Labute approximate surface area is 152 Å². The Kier molecular flexibility index (Phi) is 6.57. The van der Waals surface area contributed by atoms with Crippen molar-refractivity contribution in [2.45, 2.75) is 13.0 Å². The maximum Gasteiger partial charge on any atom is 0.232 e. The number of carbonyl (C=O) groups is 1. The normalized spacial score (nSPS) is 11.0. The molecular weight excluding hydrogens is 359 g/mol. The fourth-order valence-corrected chi connectivity index (χ4v) is 3.33. The van der Waals surface area contributed by atoms with Crippen molar-refractivity contribution < 1.29 is 22.3 Å². The van der Waals surface area contributed by atoms with Gasteiger partial charge in [-0.3, -0.25) is 9.10 Å². The lowest BCUT2D eigenvalue weighted by atomic mass is 10.2. The van der Waals surface area contributed by atoms with Crippen molar-refractivity contribution in [3.63, 3.8) is 0 Å². The fourth-order valence-electron chi connectivity index (χ4n) is 2.40. The second kappa shape index (κ2) is 8.66. The van der Waals surface area contributed by atoms with Crippen LogP contribution in [0.15, 0.2) is 48.5 Å². The minimum atomic E-state index is -3.59. The van der Waals surface area contributed by atoms with Gasteiger partial charge in [0.15, 0.2) is 0 Å². The average molecular weight is 380 g/mol. The quantitative estimate of drug-likeness (QED) is 0.763. The molecule has 0 fully saturated rings. The highest BCUT2D eigenvalue weighted by atomic mass is 32.2. The van der Waals surface area contributed by atoms with Gasteiger partial charge in [-0.05, 0) is 29.8 Å². The Hall–Kier alpha value is -2.61. The van der Waals surface area contributed by atoms with E-state index in [0.29, 0.717) is 11.4 Å². The van der Waals surface area contributed by atoms with Crippen LogP contribution >= 0.6 is 0 Å². The summed E-state index contributed by atoms with van der Waals surface area (Å²) in [6, 6.07) is 12.5. The lowest BCUT2D eigenvalue weighted by molar-refractivity contribution is -0.121. The second-order valence-corrected chi connectivity index (χ2v) is 7.57. The Bertz CT molecular complexity index is 854. The van der Waals surface area contributed by atoms with Crippen molar-refractivity contribution in [3.05, 3.63) is 59.9 Å². The molecule has 0 spiro atoms. The van der Waals surface area contributed by atoms with Crippen molar-refractivity contribution in [2.24, 2.45) is 0 Å². The largest absolute Gasteiger partial charge is 0.495 e. The number of ether oxygens (including phenoxy) is 1. The zero-order valence-electron chi connectivity index (χ0n) is 14.6. The van der Waals surface area contributed by atoms with Gasteiger partial charge >= 0.3 is 0 Å². The number of benzene rings is 2. The van der Waals surface area contributed by atoms with Crippen molar-refractivity contribution in [1.82, 2.24) is 5.32 Å². The van der Waals surface area contributed by atoms with Crippen LogP contribution in [0.25, 0.3) is 0 Å². The molecule has 0 saturated carbocycles. The molecule has 2 aromatic carbocycles. The number of methoxy groups -OCH3 is 1. The number of anilines is 1. The molecule has 0 aliphatic heterocycles. The molecule has 26 heavy (non-hydrogen) atoms. The van der Waals surface area contributed by atoms with E-state index in [1.807, 2.05) is 0 Å². The van der Waals surface area contributed by atoms with Crippen LogP contribution in [0, 0.1) is 5.82 Å². The molecule has 2 rings (SSSR count). The number of rotatable bonds is 8. The molecule has 6 nitrogen and oxygen atoms in total. The smallest absolute Gasteiger partial charge is 0.232 e. The zero-order chi connectivity index (χ0) is 19.2. The Morgan fingerprint density at radius 1 is 1.15 bits per heavy atom. The van der Waals surface area contributed by atoms with Crippen LogP contribution in [0.2, 0.25) is 0 Å². The molecule has 0 bridgehead atoms. The van der Waals surface area contributed by atoms with Gasteiger partial charge in [0.25, 0.3) is 0 Å². The van der Waals surface area contributed by atoms with Gasteiger partial charge in [0.1, 0.15) is 11.6 Å². The maximum atomic E-state index is 12.9. The molecule has 0 saturated heterocycles. The molecule has 0 heterocycles. The molecule has 1 N–H and O–H groups in total. The standard InChI is InChI=1S/C18H21FN2O4S/c1-25-17-6-4-3-5-16(17)21(26(2,23)24)12-11-18(22)20-13-14-7-9-15(19)10-8-14/h3-10H,11-13H2,1-2H3,(H,20,22). The molecule has 8 heteroatoms. The molecule has 0 aliphatic rings. The molecule has 0 radical (unpaired) electrons. The highest BCUT2D eigenvalue weighted by Gasteiger charge is 2.21. The third-order valence-corrected chi connectivity index (χ3v) is 4.88. The highest BCUT2D eigenvalue weighted by Crippen LogP contribution is 2.29. The van der Waals surface area contributed by atoms with E-state index in [-0.39, 0.29) is 31.2 Å². The SMILES string of the molecule is COc1ccccc1N(CCC(=O)NCc1ccc(F)cc1)S(C)(=O)=O. The lowest BCUT2D eigenvalue weighted by Crippen LogP contribution is -2.34.